The van der Waals surface area contributed by atoms with Gasteiger partial charge in [-0.05, 0) is 0 Å². The third kappa shape index (κ3) is 1.92. The molecule has 0 saturated carbocycles. The van der Waals surface area contributed by atoms with Crippen LogP contribution in [0.25, 0.3) is 0 Å². The predicted octanol–water partition coefficient (Wildman–Crippen LogP) is 3.10. The van der Waals surface area contributed by atoms with E-state index < -0.39 is 10.0 Å². The molecule has 2 heteroatoms. The molecule has 70 valence electrons. The molecule has 0 spiro atoms. The molecule has 0 rings (SSSR count). The third-order valence-electron chi connectivity index (χ3n) is 2.54. The van der Waals surface area contributed by atoms with Crippen molar-refractivity contribution in [2.45, 2.75) is 57.3 Å². The van der Waals surface area contributed by atoms with Crippen molar-refractivity contribution in [1.29, 1.82) is 0 Å². The summed E-state index contributed by atoms with van der Waals surface area (Å²) in [6.45, 7) is 13.6. The van der Waals surface area contributed by atoms with Crippen LogP contribution < -0.4 is 0 Å². The summed E-state index contributed by atoms with van der Waals surface area (Å²) in [6.07, 6.45) is 0. The molecule has 0 unspecified atom stereocenters. The molecule has 0 aliphatic carbocycles. The van der Waals surface area contributed by atoms with Gasteiger partial charge in [-0.25, -0.2) is 0 Å². The Morgan fingerprint density at radius 2 is 1.08 bits per heavy atom. The van der Waals surface area contributed by atoms with E-state index in [0.717, 1.165) is 0 Å². The molecule has 0 N–H and O–H groups in total. The molecule has 0 atom stereocenters. The summed E-state index contributed by atoms with van der Waals surface area (Å²) in [5, 5.41) is 5.02. The summed E-state index contributed by atoms with van der Waals surface area (Å²) in [6, 6.07) is 0. The van der Waals surface area contributed by atoms with Gasteiger partial charge < -0.3 is 0 Å². The summed E-state index contributed by atoms with van der Waals surface area (Å²) in [4.78, 5) is 0. The average molecular weight is 184 g/mol. The van der Waals surface area contributed by atoms with Crippen LogP contribution in [0.4, 0.5) is 0 Å². The topological polar surface area (TPSA) is 0 Å². The molecule has 0 aromatic heterocycles. The van der Waals surface area contributed by atoms with Crippen molar-refractivity contribution < 1.29 is 0 Å². The molecule has 0 aliphatic heterocycles. The Labute approximate surface area is 80.2 Å². The standard InChI is InChI=1S/C10H21BS/c1-8(2)12(7-11,9(3)4)10(5)6/h8-10H,1-6H3. The van der Waals surface area contributed by atoms with Gasteiger partial charge in [0.05, 0.1) is 0 Å². The molecule has 0 fully saturated rings. The second-order valence-electron chi connectivity index (χ2n) is 4.03. The Morgan fingerprint density at radius 1 is 0.833 bits per heavy atom. The Kier molecular flexibility index (Phi) is 4.51. The fraction of sp³-hybridized carbons (Fsp3) is 0.900. The average Bonchev–Trinajstić information content (AvgIpc) is 1.86. The summed E-state index contributed by atoms with van der Waals surface area (Å²) in [5.74, 6) is 0. The number of hydrogen-bond donors (Lipinski definition) is 0. The second kappa shape index (κ2) is 4.44. The van der Waals surface area contributed by atoms with Crippen LogP contribution in [-0.4, -0.2) is 23.1 Å². The SMILES string of the molecule is B#CS(C(C)C)(C(C)C)C(C)C. The summed E-state index contributed by atoms with van der Waals surface area (Å²) in [5.41, 5.74) is 0. The van der Waals surface area contributed by atoms with Crippen LogP contribution in [0, 0.1) is 5.14 Å². The van der Waals surface area contributed by atoms with Gasteiger partial charge in [0.2, 0.25) is 0 Å². The fourth-order valence-electron chi connectivity index (χ4n) is 2.04. The van der Waals surface area contributed by atoms with Crippen LogP contribution >= 0.6 is 10.0 Å². The second-order valence-corrected chi connectivity index (χ2v) is 8.61. The van der Waals surface area contributed by atoms with E-state index in [9.17, 15) is 0 Å². The zero-order chi connectivity index (χ0) is 9.94. The van der Waals surface area contributed by atoms with Crippen molar-refractivity contribution >= 4 is 17.4 Å². The van der Waals surface area contributed by atoms with Crippen molar-refractivity contribution in [3.05, 3.63) is 0 Å². The molecule has 0 radical (unpaired) electrons. The molecule has 0 amide bonds. The van der Waals surface area contributed by atoms with Crippen molar-refractivity contribution in [3.63, 3.8) is 0 Å². The van der Waals surface area contributed by atoms with E-state index in [1.165, 1.54) is 0 Å². The summed E-state index contributed by atoms with van der Waals surface area (Å²) in [7, 11) is 4.84. The normalized spacial score (nSPS) is 14.2. The van der Waals surface area contributed by atoms with E-state index in [2.05, 4.69) is 46.7 Å². The number of hydrogen-bond acceptors (Lipinski definition) is 0. The zero-order valence-electron chi connectivity index (χ0n) is 9.22. The van der Waals surface area contributed by atoms with Gasteiger partial charge in [-0.15, -0.1) is 0 Å². The zero-order valence-corrected chi connectivity index (χ0v) is 10.0. The van der Waals surface area contributed by atoms with E-state index in [1.807, 2.05) is 0 Å². The van der Waals surface area contributed by atoms with E-state index in [0.29, 0.717) is 15.7 Å². The molecular formula is C10H21BS. The first-order valence-electron chi connectivity index (χ1n) is 4.66. The molecule has 0 aromatic rings. The molecule has 0 saturated heterocycles. The molecule has 0 nitrogen and oxygen atoms in total. The van der Waals surface area contributed by atoms with Crippen molar-refractivity contribution in [2.24, 2.45) is 0 Å². The van der Waals surface area contributed by atoms with E-state index in [4.69, 9.17) is 7.33 Å². The van der Waals surface area contributed by atoms with Gasteiger partial charge in [0.25, 0.3) is 0 Å². The van der Waals surface area contributed by atoms with Crippen LogP contribution in [0.15, 0.2) is 0 Å². The van der Waals surface area contributed by atoms with Gasteiger partial charge in [0.1, 0.15) is 0 Å². The molecular weight excluding hydrogens is 163 g/mol. The molecule has 0 heterocycles. The van der Waals surface area contributed by atoms with Crippen molar-refractivity contribution in [1.82, 2.24) is 0 Å². The maximum atomic E-state index is 5.70. The third-order valence-corrected chi connectivity index (χ3v) is 7.63. The minimum atomic E-state index is -0.856. The van der Waals surface area contributed by atoms with Crippen LogP contribution in [0.5, 0.6) is 0 Å². The van der Waals surface area contributed by atoms with Gasteiger partial charge in [-0.1, -0.05) is 0 Å². The maximum absolute atomic E-state index is 5.70. The quantitative estimate of drug-likeness (QED) is 0.591. The van der Waals surface area contributed by atoms with Crippen LogP contribution in [0.3, 0.4) is 0 Å². The molecule has 0 aliphatic rings. The van der Waals surface area contributed by atoms with Crippen molar-refractivity contribution in [2.75, 3.05) is 0 Å². The molecule has 0 bridgehead atoms. The molecule has 0 aromatic carbocycles. The van der Waals surface area contributed by atoms with E-state index in [1.54, 1.807) is 0 Å². The van der Waals surface area contributed by atoms with Crippen LogP contribution in [0.2, 0.25) is 0 Å². The van der Waals surface area contributed by atoms with Gasteiger partial charge >= 0.3 is 79.8 Å². The monoisotopic (exact) mass is 184 g/mol. The first-order valence-corrected chi connectivity index (χ1v) is 6.49. The van der Waals surface area contributed by atoms with Gasteiger partial charge in [-0.2, -0.15) is 0 Å². The van der Waals surface area contributed by atoms with Crippen LogP contribution in [-0.2, 0) is 0 Å². The van der Waals surface area contributed by atoms with Gasteiger partial charge in [0.15, 0.2) is 0 Å². The summed E-state index contributed by atoms with van der Waals surface area (Å²) >= 11 is 0. The Bertz CT molecular complexity index is 155. The number of rotatable bonds is 3. The van der Waals surface area contributed by atoms with Gasteiger partial charge in [0, 0.05) is 0 Å². The van der Waals surface area contributed by atoms with Gasteiger partial charge in [-0.3, -0.25) is 0 Å². The van der Waals surface area contributed by atoms with E-state index >= 15 is 0 Å². The Hall–Kier alpha value is 0.195. The Balaban J connectivity index is 4.94. The predicted molar refractivity (Wildman–Crippen MR) is 62.6 cm³/mol. The fourth-order valence-corrected chi connectivity index (χ4v) is 6.12. The molecule has 12 heavy (non-hydrogen) atoms. The van der Waals surface area contributed by atoms with Crippen molar-refractivity contribution in [3.8, 4) is 5.14 Å². The first kappa shape index (κ1) is 12.2. The Morgan fingerprint density at radius 3 is 1.08 bits per heavy atom. The minimum absolute atomic E-state index is 0.641. The summed E-state index contributed by atoms with van der Waals surface area (Å²) < 4.78 is 0. The van der Waals surface area contributed by atoms with Crippen LogP contribution in [0.1, 0.15) is 41.5 Å². The first-order chi connectivity index (χ1) is 5.39. The van der Waals surface area contributed by atoms with E-state index in [-0.39, 0.29) is 0 Å².